The smallest absolute Gasteiger partial charge is 0.407 e. The highest BCUT2D eigenvalue weighted by molar-refractivity contribution is 7.89. The third-order valence-electron chi connectivity index (χ3n) is 5.98. The molecule has 0 saturated carbocycles. The van der Waals surface area contributed by atoms with Crippen LogP contribution in [0.25, 0.3) is 0 Å². The maximum atomic E-state index is 13.9. The van der Waals surface area contributed by atoms with Gasteiger partial charge in [-0.1, -0.05) is 44.0 Å². The van der Waals surface area contributed by atoms with Crippen LogP contribution in [0.3, 0.4) is 0 Å². The monoisotopic (exact) mass is 558 g/mol. The third-order valence-corrected chi connectivity index (χ3v) is 7.81. The molecule has 2 fully saturated rings. The van der Waals surface area contributed by atoms with E-state index in [-0.39, 0.29) is 25.1 Å². The predicted octanol–water partition coefficient (Wildman–Crippen LogP) is 2.38. The van der Waals surface area contributed by atoms with Gasteiger partial charge in [0.2, 0.25) is 10.0 Å². The van der Waals surface area contributed by atoms with Crippen molar-refractivity contribution in [1.82, 2.24) is 9.62 Å². The number of sulfonamides is 1. The van der Waals surface area contributed by atoms with Crippen molar-refractivity contribution in [3.63, 3.8) is 0 Å². The van der Waals surface area contributed by atoms with Gasteiger partial charge in [0.1, 0.15) is 6.08 Å². The lowest BCUT2D eigenvalue weighted by atomic mass is 10.0. The lowest BCUT2D eigenvalue weighted by Crippen LogP contribution is -2.51. The minimum absolute atomic E-state index is 0.0759. The summed E-state index contributed by atoms with van der Waals surface area (Å²) in [5, 5.41) is 13.8. The average molecular weight is 559 g/mol. The second-order valence-electron chi connectivity index (χ2n) is 8.77. The number of nitrogens with zero attached hydrogens (tertiary/aromatic N) is 1. The molecule has 4 N–H and O–H groups in total. The third kappa shape index (κ3) is 7.03. The zero-order chi connectivity index (χ0) is 36.8. The molecule has 1 amide bonds. The van der Waals surface area contributed by atoms with E-state index in [1.807, 2.05) is 0 Å². The minimum Gasteiger partial charge on any atom is -0.443 e. The van der Waals surface area contributed by atoms with E-state index in [9.17, 15) is 18.3 Å². The van der Waals surface area contributed by atoms with Gasteiger partial charge in [0, 0.05) is 29.7 Å². The van der Waals surface area contributed by atoms with E-state index in [1.165, 1.54) is 12.1 Å². The number of hydrogen-bond donors (Lipinski definition) is 3. The molecule has 10 nitrogen and oxygen atoms in total. The molecule has 0 spiro atoms. The number of benzene rings is 2. The van der Waals surface area contributed by atoms with Gasteiger partial charge in [-0.05, 0) is 48.6 Å². The van der Waals surface area contributed by atoms with Crippen LogP contribution in [-0.4, -0.2) is 74.7 Å². The number of amides is 1. The number of alkyl carbamates (subject to hydrolysis) is 1. The molecule has 2 heterocycles. The van der Waals surface area contributed by atoms with Gasteiger partial charge in [-0.3, -0.25) is 0 Å². The van der Waals surface area contributed by atoms with Crippen molar-refractivity contribution in [3.05, 3.63) is 60.2 Å². The first-order valence-corrected chi connectivity index (χ1v) is 13.2. The van der Waals surface area contributed by atoms with Crippen LogP contribution in [0.1, 0.15) is 40.8 Å². The van der Waals surface area contributed by atoms with Crippen molar-refractivity contribution < 1.29 is 47.6 Å². The van der Waals surface area contributed by atoms with E-state index >= 15 is 0 Å². The highest BCUT2D eigenvalue weighted by Crippen LogP contribution is 2.33. The van der Waals surface area contributed by atoms with Gasteiger partial charge in [0.05, 0.1) is 40.2 Å². The molecule has 208 valence electrons. The lowest BCUT2D eigenvalue weighted by molar-refractivity contribution is -0.0907. The van der Waals surface area contributed by atoms with E-state index in [1.54, 1.807) is 30.3 Å². The van der Waals surface area contributed by atoms with Crippen LogP contribution in [0.2, 0.25) is 0 Å². The maximum absolute atomic E-state index is 13.9. The first kappa shape index (κ1) is 17.1. The Morgan fingerprint density at radius 3 is 2.71 bits per heavy atom. The van der Waals surface area contributed by atoms with Crippen molar-refractivity contribution in [1.29, 1.82) is 0 Å². The molecule has 0 unspecified atom stereocenters. The van der Waals surface area contributed by atoms with Crippen LogP contribution in [-0.2, 0) is 30.7 Å². The maximum Gasteiger partial charge on any atom is 0.407 e. The van der Waals surface area contributed by atoms with Gasteiger partial charge >= 0.3 is 6.09 Å². The molecule has 0 radical (unpaired) electrons. The largest absolute Gasteiger partial charge is 0.443 e. The summed E-state index contributed by atoms with van der Waals surface area (Å²) in [6, 6.07) is 11.2. The van der Waals surface area contributed by atoms with E-state index in [4.69, 9.17) is 35.0 Å². The Labute approximate surface area is 239 Å². The molecule has 2 saturated heterocycles. The van der Waals surface area contributed by atoms with Crippen LogP contribution in [0.4, 0.5) is 10.5 Å². The van der Waals surface area contributed by atoms with Crippen LogP contribution in [0, 0.1) is 11.8 Å². The quantitative estimate of drug-likeness (QED) is 0.357. The first-order chi connectivity index (χ1) is 22.4. The number of hydrogen-bond acceptors (Lipinski definition) is 8. The summed E-state index contributed by atoms with van der Waals surface area (Å²) in [6.45, 7) is -12.6. The molecular weight excluding hydrogens is 510 g/mol. The molecule has 2 aromatic carbocycles. The predicted molar refractivity (Wildman–Crippen MR) is 142 cm³/mol. The number of nitrogen functional groups attached to an aromatic ring is 1. The molecule has 2 aromatic rings. The fourth-order valence-electron chi connectivity index (χ4n) is 4.05. The average Bonchev–Trinajstić information content (AvgIpc) is 3.41. The second kappa shape index (κ2) is 12.4. The lowest BCUT2D eigenvalue weighted by Gasteiger charge is -2.31. The Morgan fingerprint density at radius 1 is 1.26 bits per heavy atom. The molecule has 11 heteroatoms. The van der Waals surface area contributed by atoms with Crippen molar-refractivity contribution >= 4 is 21.8 Å². The van der Waals surface area contributed by atoms with Gasteiger partial charge in [-0.2, -0.15) is 4.31 Å². The van der Waals surface area contributed by atoms with Gasteiger partial charge < -0.3 is 30.4 Å². The Balaban J connectivity index is 1.71. The van der Waals surface area contributed by atoms with Crippen molar-refractivity contribution in [3.8, 4) is 0 Å². The van der Waals surface area contributed by atoms with Crippen LogP contribution < -0.4 is 11.1 Å². The summed E-state index contributed by atoms with van der Waals surface area (Å²) in [5.41, 5.74) is 6.34. The molecule has 2 aliphatic heterocycles. The van der Waals surface area contributed by atoms with Crippen molar-refractivity contribution in [2.24, 2.45) is 11.8 Å². The molecule has 5 atom stereocenters. The SMILES string of the molecule is [2H]C([2H])([2H])C([2H])(CN(C[C@@H](O)[C@H](Cc1ccccc1)NC(=O)O[C@@]1([2H])C([2H])([2H])O[C@H]2OCC[C@]21[2H])S(=O)(=O)c1ccc(N)cc1)C([2H])([2H])[2H]. The van der Waals surface area contributed by atoms with Gasteiger partial charge in [0.15, 0.2) is 6.29 Å². The molecule has 0 aliphatic carbocycles. The van der Waals surface area contributed by atoms with E-state index < -0.39 is 90.7 Å². The summed E-state index contributed by atoms with van der Waals surface area (Å²) in [4.78, 5) is 12.9. The van der Waals surface area contributed by atoms with Crippen LogP contribution in [0.15, 0.2) is 59.5 Å². The van der Waals surface area contributed by atoms with Gasteiger partial charge in [0.25, 0.3) is 0 Å². The Kier molecular flexibility index (Phi) is 5.59. The highest BCUT2D eigenvalue weighted by atomic mass is 32.2. The topological polar surface area (TPSA) is 140 Å². The number of nitrogens with two attached hydrogens (primary N) is 1. The molecule has 0 bridgehead atoms. The summed E-state index contributed by atoms with van der Waals surface area (Å²) in [5.74, 6) is -5.55. The van der Waals surface area contributed by atoms with E-state index in [2.05, 4.69) is 5.32 Å². The number of rotatable bonds is 11. The molecule has 38 heavy (non-hydrogen) atoms. The molecular formula is C27H37N3O7S. The van der Waals surface area contributed by atoms with Gasteiger partial charge in [-0.25, -0.2) is 13.2 Å². The first-order valence-electron chi connectivity index (χ1n) is 17.2. The zero-order valence-electron chi connectivity index (χ0n) is 31.3. The summed E-state index contributed by atoms with van der Waals surface area (Å²) >= 11 is 0. The zero-order valence-corrected chi connectivity index (χ0v) is 21.1. The van der Waals surface area contributed by atoms with E-state index in [0.29, 0.717) is 9.87 Å². The summed E-state index contributed by atoms with van der Waals surface area (Å²) in [7, 11) is -4.84. The number of aliphatic hydroxyl groups is 1. The number of nitrogens with one attached hydrogen (secondary N) is 1. The highest BCUT2D eigenvalue weighted by Gasteiger charge is 2.44. The summed E-state index contributed by atoms with van der Waals surface area (Å²) < 4.78 is 133. The molecule has 2 aliphatic rings. The van der Waals surface area contributed by atoms with Crippen LogP contribution >= 0.6 is 0 Å². The van der Waals surface area contributed by atoms with E-state index in [0.717, 1.165) is 12.1 Å². The Bertz CT molecular complexity index is 1590. The second-order valence-corrected chi connectivity index (χ2v) is 10.7. The minimum atomic E-state index is -4.84. The normalized spacial score (nSPS) is 33.2. The van der Waals surface area contributed by atoms with Gasteiger partial charge in [-0.15, -0.1) is 0 Å². The number of aliphatic hydroxyl groups excluding tert-OH is 1. The number of anilines is 1. The standard InChI is InChI=1S/C27H37N3O7S/c1-18(2)15-30(38(33,34)21-10-8-20(28)9-11-21)16-24(31)23(14-19-6-4-3-5-7-19)29-27(32)37-25-17-36-26-22(25)12-13-35-26/h3-11,18,22-26,31H,12-17,28H2,1-2H3,(H,29,32)/t22-,23-,24+,25-,26+/m0/s1/i1D3,2D3,17D2,18D,22D,25D. The molecule has 4 rings (SSSR count). The number of fused-ring (bicyclic) bond motifs is 1. The van der Waals surface area contributed by atoms with Crippen molar-refractivity contribution in [2.75, 3.05) is 32.0 Å². The molecule has 0 aromatic heterocycles. The number of carbonyl (C=O) groups excluding carboxylic acids is 1. The summed E-state index contributed by atoms with van der Waals surface area (Å²) in [6.07, 6.45) is -8.38. The number of carbonyl (C=O) groups is 1. The van der Waals surface area contributed by atoms with Crippen LogP contribution in [0.5, 0.6) is 0 Å². The fraction of sp³-hybridized carbons (Fsp3) is 0.519. The Hall–Kier alpha value is -2.70. The fourth-order valence-corrected chi connectivity index (χ4v) is 5.48. The number of ether oxygens (including phenoxy) is 3. The van der Waals surface area contributed by atoms with Crippen molar-refractivity contribution in [2.45, 2.75) is 56.0 Å². The Morgan fingerprint density at radius 2 is 2.00 bits per heavy atom.